The molecule has 0 saturated heterocycles. The van der Waals surface area contributed by atoms with Gasteiger partial charge in [-0.15, -0.1) is 0 Å². The molecule has 0 heterocycles. The summed E-state index contributed by atoms with van der Waals surface area (Å²) >= 11 is 21.6. The first kappa shape index (κ1) is 15.1. The van der Waals surface area contributed by atoms with E-state index >= 15 is 0 Å². The van der Waals surface area contributed by atoms with E-state index in [4.69, 9.17) is 40.6 Å². The molecule has 6 heteroatoms. The van der Waals surface area contributed by atoms with Crippen LogP contribution >= 0.6 is 50.7 Å². The van der Waals surface area contributed by atoms with Crippen LogP contribution in [-0.4, -0.2) is 0 Å². The van der Waals surface area contributed by atoms with Crippen LogP contribution in [0.4, 0.5) is 0 Å². The Morgan fingerprint density at radius 2 is 1.63 bits per heavy atom. The van der Waals surface area contributed by atoms with Crippen molar-refractivity contribution in [2.75, 3.05) is 0 Å². The van der Waals surface area contributed by atoms with Gasteiger partial charge in [0.25, 0.3) is 0 Å². The van der Waals surface area contributed by atoms with Crippen LogP contribution in [0.2, 0.25) is 15.1 Å². The molecule has 3 N–H and O–H groups in total. The summed E-state index contributed by atoms with van der Waals surface area (Å²) in [4.78, 5) is 0. The number of benzene rings is 2. The van der Waals surface area contributed by atoms with Crippen LogP contribution in [0.25, 0.3) is 0 Å². The minimum absolute atomic E-state index is 0.264. The molecule has 1 unspecified atom stereocenters. The number of nitrogens with one attached hydrogen (secondary N) is 1. The van der Waals surface area contributed by atoms with Crippen LogP contribution in [0.15, 0.2) is 40.9 Å². The molecule has 0 spiro atoms. The maximum atomic E-state index is 6.22. The molecule has 0 radical (unpaired) electrons. The fourth-order valence-corrected chi connectivity index (χ4v) is 2.71. The van der Waals surface area contributed by atoms with Crippen LogP contribution in [-0.2, 0) is 0 Å². The third kappa shape index (κ3) is 3.43. The van der Waals surface area contributed by atoms with Crippen LogP contribution in [0.3, 0.4) is 0 Å². The molecular weight excluding hydrogens is 370 g/mol. The van der Waals surface area contributed by atoms with Gasteiger partial charge in [0, 0.05) is 9.50 Å². The molecule has 0 aliphatic heterocycles. The first-order valence-electron chi connectivity index (χ1n) is 5.39. The number of hydrogen-bond acceptors (Lipinski definition) is 2. The number of hydrogen-bond donors (Lipinski definition) is 2. The fourth-order valence-electron chi connectivity index (χ4n) is 1.79. The third-order valence-electron chi connectivity index (χ3n) is 2.71. The predicted octanol–water partition coefficient (Wildman–Crippen LogP) is 4.96. The van der Waals surface area contributed by atoms with Crippen molar-refractivity contribution in [2.45, 2.75) is 6.04 Å². The summed E-state index contributed by atoms with van der Waals surface area (Å²) in [5.74, 6) is 5.64. The lowest BCUT2D eigenvalue weighted by Crippen LogP contribution is -2.29. The van der Waals surface area contributed by atoms with Crippen molar-refractivity contribution in [3.63, 3.8) is 0 Å². The lowest BCUT2D eigenvalue weighted by molar-refractivity contribution is 0.637. The highest BCUT2D eigenvalue weighted by Crippen LogP contribution is 2.33. The van der Waals surface area contributed by atoms with Crippen molar-refractivity contribution >= 4 is 50.7 Å². The number of rotatable bonds is 3. The smallest absolute Gasteiger partial charge is 0.0725 e. The molecule has 100 valence electrons. The van der Waals surface area contributed by atoms with Gasteiger partial charge in [0.05, 0.1) is 16.1 Å². The van der Waals surface area contributed by atoms with Gasteiger partial charge in [0.2, 0.25) is 0 Å². The molecule has 0 aromatic heterocycles. The van der Waals surface area contributed by atoms with Crippen molar-refractivity contribution in [3.8, 4) is 0 Å². The lowest BCUT2D eigenvalue weighted by atomic mass is 9.99. The van der Waals surface area contributed by atoms with E-state index in [1.54, 1.807) is 12.1 Å². The molecule has 0 amide bonds. The summed E-state index contributed by atoms with van der Waals surface area (Å²) in [7, 11) is 0. The summed E-state index contributed by atoms with van der Waals surface area (Å²) in [6, 6.07) is 10.7. The zero-order valence-electron chi connectivity index (χ0n) is 9.63. The summed E-state index contributed by atoms with van der Waals surface area (Å²) in [6.45, 7) is 0. The minimum Gasteiger partial charge on any atom is -0.271 e. The molecule has 0 fully saturated rings. The number of halogens is 4. The van der Waals surface area contributed by atoms with E-state index in [2.05, 4.69) is 21.4 Å². The van der Waals surface area contributed by atoms with Crippen molar-refractivity contribution < 1.29 is 0 Å². The van der Waals surface area contributed by atoms with Gasteiger partial charge in [-0.1, -0.05) is 56.8 Å². The number of nitrogens with two attached hydrogens (primary N) is 1. The van der Waals surface area contributed by atoms with E-state index in [9.17, 15) is 0 Å². The van der Waals surface area contributed by atoms with E-state index in [1.165, 1.54) is 0 Å². The van der Waals surface area contributed by atoms with Crippen molar-refractivity contribution in [1.82, 2.24) is 5.43 Å². The molecule has 2 nitrogen and oxygen atoms in total. The Morgan fingerprint density at radius 1 is 0.947 bits per heavy atom. The molecule has 0 saturated carbocycles. The van der Waals surface area contributed by atoms with E-state index in [-0.39, 0.29) is 6.04 Å². The SMILES string of the molecule is NNC(c1ccc(Cl)c(Cl)c1)c1cc(Br)ccc1Cl. The van der Waals surface area contributed by atoms with Gasteiger partial charge >= 0.3 is 0 Å². The van der Waals surface area contributed by atoms with Gasteiger partial charge in [0.1, 0.15) is 0 Å². The molecule has 19 heavy (non-hydrogen) atoms. The average Bonchev–Trinajstić information content (AvgIpc) is 2.38. The maximum Gasteiger partial charge on any atom is 0.0725 e. The Balaban J connectivity index is 2.49. The predicted molar refractivity (Wildman–Crippen MR) is 84.8 cm³/mol. The van der Waals surface area contributed by atoms with E-state index in [0.29, 0.717) is 15.1 Å². The Kier molecular flexibility index (Phi) is 5.12. The van der Waals surface area contributed by atoms with E-state index in [0.717, 1.165) is 15.6 Å². The maximum absolute atomic E-state index is 6.22. The second-order valence-electron chi connectivity index (χ2n) is 3.94. The largest absolute Gasteiger partial charge is 0.271 e. The lowest BCUT2D eigenvalue weighted by Gasteiger charge is -2.19. The van der Waals surface area contributed by atoms with E-state index < -0.39 is 0 Å². The van der Waals surface area contributed by atoms with Gasteiger partial charge in [-0.05, 0) is 41.5 Å². The quantitative estimate of drug-likeness (QED) is 0.583. The summed E-state index contributed by atoms with van der Waals surface area (Å²) in [6.07, 6.45) is 0. The van der Waals surface area contributed by atoms with Crippen LogP contribution in [0.5, 0.6) is 0 Å². The van der Waals surface area contributed by atoms with Gasteiger partial charge in [0.15, 0.2) is 0 Å². The first-order chi connectivity index (χ1) is 9.02. The standard InChI is InChI=1S/C13H10BrCl3N2/c14-8-2-4-10(15)9(6-8)13(19-18)7-1-3-11(16)12(17)5-7/h1-6,13,19H,18H2. The van der Waals surface area contributed by atoms with Crippen molar-refractivity contribution in [3.05, 3.63) is 67.1 Å². The normalized spacial score (nSPS) is 12.5. The van der Waals surface area contributed by atoms with Crippen LogP contribution in [0, 0.1) is 0 Å². The summed E-state index contributed by atoms with van der Waals surface area (Å²) in [5.41, 5.74) is 4.49. The minimum atomic E-state index is -0.264. The summed E-state index contributed by atoms with van der Waals surface area (Å²) in [5, 5.41) is 1.60. The molecule has 2 aromatic carbocycles. The monoisotopic (exact) mass is 378 g/mol. The van der Waals surface area contributed by atoms with Crippen LogP contribution < -0.4 is 11.3 Å². The third-order valence-corrected chi connectivity index (χ3v) is 4.29. The Morgan fingerprint density at radius 3 is 2.26 bits per heavy atom. The molecule has 0 bridgehead atoms. The second kappa shape index (κ2) is 6.44. The Bertz CT molecular complexity index is 604. The fraction of sp³-hybridized carbons (Fsp3) is 0.0769. The van der Waals surface area contributed by atoms with Gasteiger partial charge in [-0.25, -0.2) is 5.43 Å². The Hall–Kier alpha value is -0.290. The van der Waals surface area contributed by atoms with Crippen LogP contribution in [0.1, 0.15) is 17.2 Å². The van der Waals surface area contributed by atoms with Gasteiger partial charge in [-0.2, -0.15) is 0 Å². The zero-order valence-corrected chi connectivity index (χ0v) is 13.5. The van der Waals surface area contributed by atoms with Crippen molar-refractivity contribution in [2.24, 2.45) is 5.84 Å². The highest BCUT2D eigenvalue weighted by Gasteiger charge is 2.17. The highest BCUT2D eigenvalue weighted by atomic mass is 79.9. The van der Waals surface area contributed by atoms with Gasteiger partial charge < -0.3 is 0 Å². The topological polar surface area (TPSA) is 38.0 Å². The van der Waals surface area contributed by atoms with Gasteiger partial charge in [-0.3, -0.25) is 5.84 Å². The molecular formula is C13H10BrCl3N2. The van der Waals surface area contributed by atoms with E-state index in [1.807, 2.05) is 24.3 Å². The number of hydrazine groups is 1. The Labute approximate surface area is 134 Å². The first-order valence-corrected chi connectivity index (χ1v) is 7.31. The zero-order chi connectivity index (χ0) is 14.0. The average molecular weight is 380 g/mol. The molecule has 2 rings (SSSR count). The molecule has 2 aromatic rings. The summed E-state index contributed by atoms with van der Waals surface area (Å²) < 4.78 is 0.923. The second-order valence-corrected chi connectivity index (χ2v) is 6.08. The highest BCUT2D eigenvalue weighted by molar-refractivity contribution is 9.10. The molecule has 0 aliphatic rings. The molecule has 1 atom stereocenters. The van der Waals surface area contributed by atoms with Crippen molar-refractivity contribution in [1.29, 1.82) is 0 Å². The molecule has 0 aliphatic carbocycles.